The summed E-state index contributed by atoms with van der Waals surface area (Å²) >= 11 is 0. The Morgan fingerprint density at radius 2 is 1.70 bits per heavy atom. The van der Waals surface area contributed by atoms with Crippen molar-refractivity contribution < 1.29 is 9.15 Å². The number of para-hydroxylation sites is 2. The Labute approximate surface area is 118 Å². The summed E-state index contributed by atoms with van der Waals surface area (Å²) in [5, 5.41) is 4.60. The van der Waals surface area contributed by atoms with Crippen LogP contribution in [0.25, 0.3) is 11.0 Å². The molecule has 0 bridgehead atoms. The molecule has 0 aliphatic rings. The SMILES string of the molecule is COc1ccccc1CNCc1coc2ccccc12. The molecule has 20 heavy (non-hydrogen) atoms. The van der Waals surface area contributed by atoms with E-state index in [1.165, 1.54) is 10.9 Å². The van der Waals surface area contributed by atoms with Crippen LogP contribution in [-0.2, 0) is 13.1 Å². The summed E-state index contributed by atoms with van der Waals surface area (Å²) in [4.78, 5) is 0. The van der Waals surface area contributed by atoms with Crippen molar-refractivity contribution in [3.63, 3.8) is 0 Å². The number of fused-ring (bicyclic) bond motifs is 1. The molecule has 0 saturated heterocycles. The predicted octanol–water partition coefficient (Wildman–Crippen LogP) is 3.73. The summed E-state index contributed by atoms with van der Waals surface area (Å²) in [6.07, 6.45) is 1.82. The number of benzene rings is 2. The van der Waals surface area contributed by atoms with Crippen molar-refractivity contribution in [2.75, 3.05) is 7.11 Å². The Hall–Kier alpha value is -2.26. The van der Waals surface area contributed by atoms with E-state index in [0.717, 1.165) is 30.0 Å². The Morgan fingerprint density at radius 3 is 2.60 bits per heavy atom. The zero-order valence-electron chi connectivity index (χ0n) is 11.4. The monoisotopic (exact) mass is 267 g/mol. The largest absolute Gasteiger partial charge is 0.496 e. The van der Waals surface area contributed by atoms with E-state index in [-0.39, 0.29) is 0 Å². The molecule has 0 saturated carbocycles. The van der Waals surface area contributed by atoms with Crippen LogP contribution in [0.1, 0.15) is 11.1 Å². The minimum absolute atomic E-state index is 0.767. The van der Waals surface area contributed by atoms with Gasteiger partial charge in [-0.25, -0.2) is 0 Å². The normalized spacial score (nSPS) is 10.8. The van der Waals surface area contributed by atoms with E-state index >= 15 is 0 Å². The third-order valence-electron chi connectivity index (χ3n) is 3.38. The smallest absolute Gasteiger partial charge is 0.134 e. The standard InChI is InChI=1S/C17H17NO2/c1-19-16-8-4-2-6-13(16)10-18-11-14-12-20-17-9-5-3-7-15(14)17/h2-9,12,18H,10-11H2,1H3. The Kier molecular flexibility index (Phi) is 3.70. The van der Waals surface area contributed by atoms with Crippen LogP contribution >= 0.6 is 0 Å². The molecule has 3 nitrogen and oxygen atoms in total. The second kappa shape index (κ2) is 5.80. The molecule has 0 spiro atoms. The second-order valence-electron chi connectivity index (χ2n) is 4.67. The van der Waals surface area contributed by atoms with Crippen LogP contribution in [0.15, 0.2) is 59.2 Å². The molecule has 3 heteroatoms. The first-order chi connectivity index (χ1) is 9.88. The van der Waals surface area contributed by atoms with Gasteiger partial charge >= 0.3 is 0 Å². The van der Waals surface area contributed by atoms with Gasteiger partial charge in [0.05, 0.1) is 13.4 Å². The molecule has 3 aromatic rings. The van der Waals surface area contributed by atoms with Crippen LogP contribution in [0.3, 0.4) is 0 Å². The summed E-state index contributed by atoms with van der Waals surface area (Å²) < 4.78 is 10.9. The zero-order valence-corrected chi connectivity index (χ0v) is 11.4. The summed E-state index contributed by atoms with van der Waals surface area (Å²) in [5.41, 5.74) is 3.26. The first kappa shape index (κ1) is 12.8. The van der Waals surface area contributed by atoms with Crippen molar-refractivity contribution in [3.8, 4) is 5.75 Å². The molecule has 2 aromatic carbocycles. The van der Waals surface area contributed by atoms with Crippen LogP contribution in [0.4, 0.5) is 0 Å². The highest BCUT2D eigenvalue weighted by molar-refractivity contribution is 5.80. The van der Waals surface area contributed by atoms with Crippen molar-refractivity contribution >= 4 is 11.0 Å². The summed E-state index contributed by atoms with van der Waals surface area (Å²) in [7, 11) is 1.70. The van der Waals surface area contributed by atoms with Crippen molar-refractivity contribution in [2.45, 2.75) is 13.1 Å². The lowest BCUT2D eigenvalue weighted by Crippen LogP contribution is -2.13. The number of rotatable bonds is 5. The molecule has 0 fully saturated rings. The number of ether oxygens (including phenoxy) is 1. The van der Waals surface area contributed by atoms with Crippen LogP contribution in [-0.4, -0.2) is 7.11 Å². The van der Waals surface area contributed by atoms with E-state index in [4.69, 9.17) is 9.15 Å². The number of nitrogens with one attached hydrogen (secondary N) is 1. The molecule has 1 N–H and O–H groups in total. The highest BCUT2D eigenvalue weighted by Crippen LogP contribution is 2.21. The van der Waals surface area contributed by atoms with Crippen molar-refractivity contribution in [3.05, 3.63) is 65.9 Å². The quantitative estimate of drug-likeness (QED) is 0.765. The fraction of sp³-hybridized carbons (Fsp3) is 0.176. The van der Waals surface area contributed by atoms with Crippen molar-refractivity contribution in [1.29, 1.82) is 0 Å². The van der Waals surface area contributed by atoms with Crippen LogP contribution < -0.4 is 10.1 Å². The average Bonchev–Trinajstić information content (AvgIpc) is 2.91. The minimum atomic E-state index is 0.767. The molecule has 0 aliphatic carbocycles. The van der Waals surface area contributed by atoms with Gasteiger partial charge in [0, 0.05) is 29.6 Å². The maximum atomic E-state index is 5.53. The van der Waals surface area contributed by atoms with Gasteiger partial charge < -0.3 is 14.5 Å². The summed E-state index contributed by atoms with van der Waals surface area (Å²) in [5.74, 6) is 0.914. The van der Waals surface area contributed by atoms with Crippen molar-refractivity contribution in [1.82, 2.24) is 5.32 Å². The second-order valence-corrected chi connectivity index (χ2v) is 4.67. The zero-order chi connectivity index (χ0) is 13.8. The van der Waals surface area contributed by atoms with Gasteiger partial charge in [-0.15, -0.1) is 0 Å². The Balaban J connectivity index is 1.68. The van der Waals surface area contributed by atoms with E-state index in [1.807, 2.05) is 42.7 Å². The third kappa shape index (κ3) is 2.53. The molecule has 1 aromatic heterocycles. The Bertz CT molecular complexity index is 703. The van der Waals surface area contributed by atoms with Gasteiger partial charge in [-0.2, -0.15) is 0 Å². The van der Waals surface area contributed by atoms with Gasteiger partial charge in [-0.1, -0.05) is 36.4 Å². The van der Waals surface area contributed by atoms with Crippen LogP contribution in [0, 0.1) is 0 Å². The summed E-state index contributed by atoms with van der Waals surface area (Å²) in [6, 6.07) is 16.1. The molecule has 0 radical (unpaired) electrons. The number of methoxy groups -OCH3 is 1. The van der Waals surface area contributed by atoms with Crippen molar-refractivity contribution in [2.24, 2.45) is 0 Å². The van der Waals surface area contributed by atoms with E-state index in [2.05, 4.69) is 17.4 Å². The fourth-order valence-corrected chi connectivity index (χ4v) is 2.35. The minimum Gasteiger partial charge on any atom is -0.496 e. The van der Waals surface area contributed by atoms with Gasteiger partial charge in [0.1, 0.15) is 11.3 Å². The van der Waals surface area contributed by atoms with E-state index < -0.39 is 0 Å². The molecule has 102 valence electrons. The molecule has 0 aliphatic heterocycles. The van der Waals surface area contributed by atoms with Crippen LogP contribution in [0.5, 0.6) is 5.75 Å². The van der Waals surface area contributed by atoms with Gasteiger partial charge in [-0.05, 0) is 12.1 Å². The topological polar surface area (TPSA) is 34.4 Å². The molecule has 1 heterocycles. The molecule has 3 rings (SSSR count). The molecular weight excluding hydrogens is 250 g/mol. The number of hydrogen-bond donors (Lipinski definition) is 1. The van der Waals surface area contributed by atoms with E-state index in [0.29, 0.717) is 0 Å². The number of hydrogen-bond acceptors (Lipinski definition) is 3. The van der Waals surface area contributed by atoms with Crippen LogP contribution in [0.2, 0.25) is 0 Å². The number of furan rings is 1. The lowest BCUT2D eigenvalue weighted by atomic mass is 10.1. The summed E-state index contributed by atoms with van der Waals surface area (Å²) in [6.45, 7) is 1.54. The van der Waals surface area contributed by atoms with E-state index in [1.54, 1.807) is 7.11 Å². The van der Waals surface area contributed by atoms with Gasteiger partial charge in [0.15, 0.2) is 0 Å². The average molecular weight is 267 g/mol. The Morgan fingerprint density at radius 1 is 0.950 bits per heavy atom. The van der Waals surface area contributed by atoms with Gasteiger partial charge in [0.2, 0.25) is 0 Å². The first-order valence-electron chi connectivity index (χ1n) is 6.66. The fourth-order valence-electron chi connectivity index (χ4n) is 2.35. The molecule has 0 amide bonds. The lowest BCUT2D eigenvalue weighted by molar-refractivity contribution is 0.407. The predicted molar refractivity (Wildman–Crippen MR) is 79.8 cm³/mol. The highest BCUT2D eigenvalue weighted by atomic mass is 16.5. The maximum Gasteiger partial charge on any atom is 0.134 e. The van der Waals surface area contributed by atoms with E-state index in [9.17, 15) is 0 Å². The molecule has 0 atom stereocenters. The molecular formula is C17H17NO2. The van der Waals surface area contributed by atoms with Gasteiger partial charge in [0.25, 0.3) is 0 Å². The molecule has 0 unspecified atom stereocenters. The first-order valence-corrected chi connectivity index (χ1v) is 6.66. The highest BCUT2D eigenvalue weighted by Gasteiger charge is 2.05. The van der Waals surface area contributed by atoms with Gasteiger partial charge in [-0.3, -0.25) is 0 Å². The lowest BCUT2D eigenvalue weighted by Gasteiger charge is -2.08. The maximum absolute atomic E-state index is 5.53. The third-order valence-corrected chi connectivity index (χ3v) is 3.38.